The highest BCUT2D eigenvalue weighted by Crippen LogP contribution is 2.28. The molecule has 0 radical (unpaired) electrons. The predicted molar refractivity (Wildman–Crippen MR) is 96.9 cm³/mol. The molecule has 2 N–H and O–H groups in total. The van der Waals surface area contributed by atoms with E-state index in [2.05, 4.69) is 34.0 Å². The molecule has 2 heterocycles. The molecule has 3 rings (SSSR count). The molecular formula is C19H27N3O2. The number of hydrogen-bond donors (Lipinski definition) is 2. The number of aryl methyl sites for hydroxylation is 2. The van der Waals surface area contributed by atoms with E-state index in [9.17, 15) is 9.90 Å². The third kappa shape index (κ3) is 3.47. The molecule has 0 unspecified atom stereocenters. The zero-order chi connectivity index (χ0) is 17.1. The van der Waals surface area contributed by atoms with E-state index in [0.717, 1.165) is 68.6 Å². The van der Waals surface area contributed by atoms with Crippen LogP contribution in [-0.4, -0.2) is 53.3 Å². The number of fused-ring (bicyclic) bond motifs is 1. The third-order valence-corrected chi connectivity index (χ3v) is 4.80. The lowest BCUT2D eigenvalue weighted by molar-refractivity contribution is 0.0698. The highest BCUT2D eigenvalue weighted by Gasteiger charge is 2.18. The second-order valence-electron chi connectivity index (χ2n) is 6.70. The molecule has 130 valence electrons. The van der Waals surface area contributed by atoms with Gasteiger partial charge in [0.1, 0.15) is 0 Å². The number of carboxylic acids is 1. The first-order valence-electron chi connectivity index (χ1n) is 8.89. The smallest absolute Gasteiger partial charge is 0.337 e. The van der Waals surface area contributed by atoms with Crippen molar-refractivity contribution >= 4 is 16.9 Å². The highest BCUT2D eigenvalue weighted by atomic mass is 16.4. The maximum atomic E-state index is 11.7. The molecule has 0 bridgehead atoms. The van der Waals surface area contributed by atoms with E-state index in [1.165, 1.54) is 5.56 Å². The predicted octanol–water partition coefficient (Wildman–Crippen LogP) is 2.51. The fraction of sp³-hybridized carbons (Fsp3) is 0.526. The number of carbonyl (C=O) groups is 1. The Hall–Kier alpha value is -1.85. The average molecular weight is 329 g/mol. The number of aromatic nitrogens is 1. The van der Waals surface area contributed by atoms with Gasteiger partial charge in [-0.05, 0) is 43.0 Å². The second-order valence-corrected chi connectivity index (χ2v) is 6.70. The Labute approximate surface area is 143 Å². The summed E-state index contributed by atoms with van der Waals surface area (Å²) in [6.45, 7) is 10.3. The van der Waals surface area contributed by atoms with Crippen molar-refractivity contribution in [3.8, 4) is 0 Å². The minimum atomic E-state index is -0.840. The van der Waals surface area contributed by atoms with E-state index < -0.39 is 5.97 Å². The van der Waals surface area contributed by atoms with E-state index in [0.29, 0.717) is 5.56 Å². The SMILES string of the molecule is CCCn1cc(CCN2CCNCC2)c2cc(C)cc(C(=O)O)c21. The summed E-state index contributed by atoms with van der Waals surface area (Å²) in [6, 6.07) is 3.93. The van der Waals surface area contributed by atoms with Crippen LogP contribution in [0.2, 0.25) is 0 Å². The van der Waals surface area contributed by atoms with Crippen molar-refractivity contribution < 1.29 is 9.90 Å². The van der Waals surface area contributed by atoms with Gasteiger partial charge in [0.25, 0.3) is 0 Å². The number of nitrogens with zero attached hydrogens (tertiary/aromatic N) is 2. The first-order valence-corrected chi connectivity index (χ1v) is 8.89. The molecule has 5 heteroatoms. The normalized spacial score (nSPS) is 15.9. The number of hydrogen-bond acceptors (Lipinski definition) is 3. The van der Waals surface area contributed by atoms with Crippen LogP contribution in [-0.2, 0) is 13.0 Å². The molecule has 1 fully saturated rings. The van der Waals surface area contributed by atoms with Crippen LogP contribution in [0.4, 0.5) is 0 Å². The number of benzene rings is 1. The summed E-state index contributed by atoms with van der Waals surface area (Å²) in [5, 5.41) is 14.1. The Bertz CT molecular complexity index is 730. The van der Waals surface area contributed by atoms with Crippen LogP contribution in [0.1, 0.15) is 34.8 Å². The number of rotatable bonds is 6. The maximum Gasteiger partial charge on any atom is 0.337 e. The van der Waals surface area contributed by atoms with Gasteiger partial charge >= 0.3 is 5.97 Å². The Morgan fingerprint density at radius 1 is 1.25 bits per heavy atom. The van der Waals surface area contributed by atoms with Crippen molar-refractivity contribution in [2.45, 2.75) is 33.2 Å². The molecule has 1 aromatic carbocycles. The summed E-state index contributed by atoms with van der Waals surface area (Å²) in [4.78, 5) is 14.2. The quantitative estimate of drug-likeness (QED) is 0.855. The molecule has 0 amide bonds. The van der Waals surface area contributed by atoms with Crippen LogP contribution in [0.3, 0.4) is 0 Å². The zero-order valence-corrected chi connectivity index (χ0v) is 14.6. The Kier molecular flexibility index (Phi) is 5.21. The van der Waals surface area contributed by atoms with Crippen LogP contribution in [0.15, 0.2) is 18.3 Å². The van der Waals surface area contributed by atoms with Crippen LogP contribution in [0, 0.1) is 6.92 Å². The van der Waals surface area contributed by atoms with E-state index >= 15 is 0 Å². The summed E-state index contributed by atoms with van der Waals surface area (Å²) in [5.74, 6) is -0.840. The van der Waals surface area contributed by atoms with Gasteiger partial charge in [0.15, 0.2) is 0 Å². The van der Waals surface area contributed by atoms with Gasteiger partial charge in [-0.3, -0.25) is 0 Å². The van der Waals surface area contributed by atoms with E-state index in [1.54, 1.807) is 6.07 Å². The van der Waals surface area contributed by atoms with Gasteiger partial charge in [0, 0.05) is 50.9 Å². The molecule has 0 aliphatic carbocycles. The topological polar surface area (TPSA) is 57.5 Å². The molecule has 0 atom stereocenters. The highest BCUT2D eigenvalue weighted by molar-refractivity contribution is 6.03. The number of nitrogens with one attached hydrogen (secondary N) is 1. The van der Waals surface area contributed by atoms with Gasteiger partial charge in [-0.15, -0.1) is 0 Å². The summed E-state index contributed by atoms with van der Waals surface area (Å²) in [6.07, 6.45) is 4.13. The largest absolute Gasteiger partial charge is 0.478 e. The van der Waals surface area contributed by atoms with Crippen LogP contribution >= 0.6 is 0 Å². The Morgan fingerprint density at radius 3 is 2.67 bits per heavy atom. The number of carboxylic acid groups (broad SMARTS) is 1. The van der Waals surface area contributed by atoms with Crippen molar-refractivity contribution in [3.63, 3.8) is 0 Å². The molecule has 0 saturated carbocycles. The molecular weight excluding hydrogens is 302 g/mol. The first-order chi connectivity index (χ1) is 11.6. The fourth-order valence-electron chi connectivity index (χ4n) is 3.65. The number of piperazine rings is 1. The van der Waals surface area contributed by atoms with Crippen LogP contribution in [0.25, 0.3) is 10.9 Å². The molecule has 0 spiro atoms. The molecule has 1 aromatic heterocycles. The molecule has 24 heavy (non-hydrogen) atoms. The monoisotopic (exact) mass is 329 g/mol. The van der Waals surface area contributed by atoms with Gasteiger partial charge in [-0.2, -0.15) is 0 Å². The van der Waals surface area contributed by atoms with Gasteiger partial charge in [0.05, 0.1) is 11.1 Å². The average Bonchev–Trinajstić information content (AvgIpc) is 2.91. The summed E-state index contributed by atoms with van der Waals surface area (Å²) in [7, 11) is 0. The molecule has 2 aromatic rings. The standard InChI is InChI=1S/C19H27N3O2/c1-3-7-22-13-15(4-8-21-9-5-20-6-10-21)16-11-14(2)12-17(18(16)22)19(23)24/h11-13,20H,3-10H2,1-2H3,(H,23,24). The molecule has 1 saturated heterocycles. The minimum absolute atomic E-state index is 0.423. The first kappa shape index (κ1) is 17.0. The summed E-state index contributed by atoms with van der Waals surface area (Å²) >= 11 is 0. The van der Waals surface area contributed by atoms with Crippen molar-refractivity contribution in [2.24, 2.45) is 0 Å². The summed E-state index contributed by atoms with van der Waals surface area (Å²) < 4.78 is 2.13. The van der Waals surface area contributed by atoms with Crippen LogP contribution < -0.4 is 5.32 Å². The number of aromatic carboxylic acids is 1. The van der Waals surface area contributed by atoms with Crippen LogP contribution in [0.5, 0.6) is 0 Å². The summed E-state index contributed by atoms with van der Waals surface area (Å²) in [5.41, 5.74) is 3.58. The second kappa shape index (κ2) is 7.36. The maximum absolute atomic E-state index is 11.7. The minimum Gasteiger partial charge on any atom is -0.478 e. The lowest BCUT2D eigenvalue weighted by atomic mass is 10.0. The molecule has 1 aliphatic rings. The lowest BCUT2D eigenvalue weighted by Crippen LogP contribution is -2.44. The van der Waals surface area contributed by atoms with Gasteiger partial charge in [-0.25, -0.2) is 4.79 Å². The lowest BCUT2D eigenvalue weighted by Gasteiger charge is -2.26. The molecule has 1 aliphatic heterocycles. The zero-order valence-electron chi connectivity index (χ0n) is 14.6. The van der Waals surface area contributed by atoms with Gasteiger partial charge < -0.3 is 19.9 Å². The Morgan fingerprint density at radius 2 is 2.00 bits per heavy atom. The molecule has 5 nitrogen and oxygen atoms in total. The van der Waals surface area contributed by atoms with Crippen molar-refractivity contribution in [2.75, 3.05) is 32.7 Å². The fourth-order valence-corrected chi connectivity index (χ4v) is 3.65. The van der Waals surface area contributed by atoms with Gasteiger partial charge in [0.2, 0.25) is 0 Å². The van der Waals surface area contributed by atoms with Crippen molar-refractivity contribution in [1.29, 1.82) is 0 Å². The van der Waals surface area contributed by atoms with E-state index in [-0.39, 0.29) is 0 Å². The van der Waals surface area contributed by atoms with E-state index in [4.69, 9.17) is 0 Å². The van der Waals surface area contributed by atoms with E-state index in [1.807, 2.05) is 6.92 Å². The van der Waals surface area contributed by atoms with Crippen molar-refractivity contribution in [1.82, 2.24) is 14.8 Å². The van der Waals surface area contributed by atoms with Crippen molar-refractivity contribution in [3.05, 3.63) is 35.0 Å². The Balaban J connectivity index is 1.96. The third-order valence-electron chi connectivity index (χ3n) is 4.80. The van der Waals surface area contributed by atoms with Gasteiger partial charge in [-0.1, -0.05) is 6.92 Å².